The van der Waals surface area contributed by atoms with Gasteiger partial charge in [-0.1, -0.05) is 34.5 Å². The molecule has 0 saturated carbocycles. The second kappa shape index (κ2) is 9.29. The third kappa shape index (κ3) is 4.56. The van der Waals surface area contributed by atoms with Gasteiger partial charge >= 0.3 is 5.97 Å². The van der Waals surface area contributed by atoms with Crippen LogP contribution in [0, 0.1) is 13.8 Å². The van der Waals surface area contributed by atoms with E-state index in [0.29, 0.717) is 41.2 Å². The molecule has 1 fully saturated rings. The van der Waals surface area contributed by atoms with Crippen molar-refractivity contribution in [2.45, 2.75) is 32.4 Å². The van der Waals surface area contributed by atoms with Crippen LogP contribution in [-0.4, -0.2) is 69.5 Å². The number of nitrogens with zero attached hydrogens (tertiary/aromatic N) is 4. The number of rotatable bonds is 6. The van der Waals surface area contributed by atoms with Crippen molar-refractivity contribution in [1.29, 1.82) is 0 Å². The Hall–Kier alpha value is -2.67. The highest BCUT2D eigenvalue weighted by molar-refractivity contribution is 7.17. The molecule has 33 heavy (non-hydrogen) atoms. The smallest absolute Gasteiger partial charge is 0.348 e. The number of thiazole rings is 1. The van der Waals surface area contributed by atoms with E-state index in [0.717, 1.165) is 11.3 Å². The number of aromatic nitrogens is 4. The number of carbonyl (C=O) groups excluding carboxylic acids is 1. The molecule has 11 nitrogen and oxygen atoms in total. The second-order valence-electron chi connectivity index (χ2n) is 7.45. The minimum absolute atomic E-state index is 0.00618. The first kappa shape index (κ1) is 23.5. The van der Waals surface area contributed by atoms with E-state index in [2.05, 4.69) is 25.5 Å². The molecule has 2 atom stereocenters. The van der Waals surface area contributed by atoms with Crippen molar-refractivity contribution < 1.29 is 23.8 Å². The molecule has 0 unspecified atom stereocenters. The molecule has 0 bridgehead atoms. The van der Waals surface area contributed by atoms with Crippen molar-refractivity contribution >= 4 is 51.5 Å². The average molecular weight is 515 g/mol. The van der Waals surface area contributed by atoms with E-state index in [1.165, 1.54) is 0 Å². The number of hydrogen-bond acceptors (Lipinski definition) is 9. The highest BCUT2D eigenvalue weighted by Crippen LogP contribution is 2.34. The number of carboxylic acids is 1. The molecule has 0 spiro atoms. The summed E-state index contributed by atoms with van der Waals surface area (Å²) in [7, 11) is 1.55. The molecule has 3 aromatic rings. The summed E-state index contributed by atoms with van der Waals surface area (Å²) in [4.78, 5) is 33.7. The Kier molecular flexibility index (Phi) is 6.61. The predicted octanol–water partition coefficient (Wildman–Crippen LogP) is 3.17. The molecule has 4 rings (SSSR count). The molecule has 3 aromatic heterocycles. The van der Waals surface area contributed by atoms with Crippen LogP contribution in [0.4, 0.5) is 5.13 Å². The number of anilines is 1. The van der Waals surface area contributed by atoms with Crippen LogP contribution in [0.25, 0.3) is 11.6 Å². The number of methoxy groups -OCH3 is 1. The molecular formula is C19H20Cl2N6O5S. The van der Waals surface area contributed by atoms with E-state index >= 15 is 0 Å². The van der Waals surface area contributed by atoms with Crippen LogP contribution >= 0.6 is 34.5 Å². The number of piperidine rings is 1. The second-order valence-corrected chi connectivity index (χ2v) is 9.18. The summed E-state index contributed by atoms with van der Waals surface area (Å²) in [6.45, 7) is 4.24. The fourth-order valence-corrected chi connectivity index (χ4v) is 4.94. The lowest BCUT2D eigenvalue weighted by Crippen LogP contribution is -2.55. The van der Waals surface area contributed by atoms with Crippen molar-refractivity contribution in [3.05, 3.63) is 32.2 Å². The number of aromatic amines is 1. The fourth-order valence-electron chi connectivity index (χ4n) is 3.59. The molecule has 4 heterocycles. The number of nitrogens with one attached hydrogen (secondary N) is 2. The SMILES string of the molecule is CO[C@H]1CN(c2nc(-c3nnc(C)o3)c(C(=O)O)s2)CC[C@H]1NC(=O)c1[nH]c(C)c(Cl)c1Cl. The van der Waals surface area contributed by atoms with Crippen LogP contribution in [-0.2, 0) is 4.74 Å². The van der Waals surface area contributed by atoms with Gasteiger partial charge in [0.15, 0.2) is 10.8 Å². The Morgan fingerprint density at radius 1 is 1.30 bits per heavy atom. The minimum Gasteiger partial charge on any atom is -0.477 e. The number of ether oxygens (including phenoxy) is 1. The van der Waals surface area contributed by atoms with Crippen LogP contribution in [0.15, 0.2) is 4.42 Å². The molecule has 1 saturated heterocycles. The number of carbonyl (C=O) groups is 2. The topological polar surface area (TPSA) is 146 Å². The maximum Gasteiger partial charge on any atom is 0.348 e. The van der Waals surface area contributed by atoms with Gasteiger partial charge in [0.2, 0.25) is 5.89 Å². The summed E-state index contributed by atoms with van der Waals surface area (Å²) in [5, 5.41) is 21.2. The highest BCUT2D eigenvalue weighted by atomic mass is 35.5. The van der Waals surface area contributed by atoms with Crippen molar-refractivity contribution in [1.82, 2.24) is 25.5 Å². The quantitative estimate of drug-likeness (QED) is 0.450. The number of aromatic carboxylic acids is 1. The number of aryl methyl sites for hydroxylation is 2. The van der Waals surface area contributed by atoms with E-state index in [1.807, 2.05) is 4.90 Å². The van der Waals surface area contributed by atoms with Crippen molar-refractivity contribution in [2.24, 2.45) is 0 Å². The third-order valence-corrected chi connectivity index (χ3v) is 7.32. The van der Waals surface area contributed by atoms with Gasteiger partial charge in [0, 0.05) is 32.8 Å². The molecule has 0 aliphatic carbocycles. The number of halogens is 2. The zero-order valence-electron chi connectivity index (χ0n) is 17.8. The van der Waals surface area contributed by atoms with E-state index in [4.69, 9.17) is 32.4 Å². The fraction of sp³-hybridized carbons (Fsp3) is 0.421. The van der Waals surface area contributed by atoms with E-state index in [9.17, 15) is 14.7 Å². The van der Waals surface area contributed by atoms with Crippen molar-refractivity contribution in [2.75, 3.05) is 25.1 Å². The zero-order chi connectivity index (χ0) is 23.9. The maximum absolute atomic E-state index is 12.7. The molecule has 1 amide bonds. The Bertz CT molecular complexity index is 1210. The number of H-pyrrole nitrogens is 1. The summed E-state index contributed by atoms with van der Waals surface area (Å²) in [6.07, 6.45) is 0.158. The first-order valence-corrected chi connectivity index (χ1v) is 11.4. The number of amides is 1. The van der Waals surface area contributed by atoms with Crippen molar-refractivity contribution in [3.8, 4) is 11.6 Å². The molecule has 14 heteroatoms. The van der Waals surface area contributed by atoms with Gasteiger partial charge in [0.1, 0.15) is 10.6 Å². The standard InChI is InChI=1S/C19H20Cl2N6O5S/c1-7-11(20)12(21)13(22-7)16(28)23-9-4-5-27(6-10(9)31-3)19-24-14(15(33-19)18(29)30)17-26-25-8(2)32-17/h9-10,22H,4-6H2,1-3H3,(H,23,28)(H,29,30)/t9-,10+/m1/s1. The Labute approximate surface area is 202 Å². The lowest BCUT2D eigenvalue weighted by atomic mass is 10.0. The van der Waals surface area contributed by atoms with Crippen LogP contribution in [0.1, 0.15) is 38.2 Å². The molecular weight excluding hydrogens is 495 g/mol. The first-order valence-electron chi connectivity index (χ1n) is 9.86. The van der Waals surface area contributed by atoms with E-state index < -0.39 is 5.97 Å². The van der Waals surface area contributed by atoms with Crippen LogP contribution in [0.5, 0.6) is 0 Å². The Morgan fingerprint density at radius 2 is 2.06 bits per heavy atom. The van der Waals surface area contributed by atoms with Gasteiger partial charge in [0.05, 0.1) is 22.2 Å². The summed E-state index contributed by atoms with van der Waals surface area (Å²) in [6, 6.07) is -0.297. The van der Waals surface area contributed by atoms with Crippen LogP contribution < -0.4 is 10.2 Å². The zero-order valence-corrected chi connectivity index (χ0v) is 20.1. The number of carboxylic acid groups (broad SMARTS) is 1. The largest absolute Gasteiger partial charge is 0.477 e. The lowest BCUT2D eigenvalue weighted by Gasteiger charge is -2.37. The third-order valence-electron chi connectivity index (χ3n) is 5.27. The van der Waals surface area contributed by atoms with E-state index in [-0.39, 0.29) is 45.2 Å². The monoisotopic (exact) mass is 514 g/mol. The predicted molar refractivity (Wildman–Crippen MR) is 122 cm³/mol. The van der Waals surface area contributed by atoms with Gasteiger partial charge in [0.25, 0.3) is 11.8 Å². The van der Waals surface area contributed by atoms with Gasteiger partial charge in [-0.05, 0) is 13.3 Å². The molecule has 1 aliphatic rings. The molecule has 0 aromatic carbocycles. The maximum atomic E-state index is 12.7. The summed E-state index contributed by atoms with van der Waals surface area (Å²) in [5.74, 6) is -1.15. The average Bonchev–Trinajstić information content (AvgIpc) is 3.48. The Balaban J connectivity index is 1.51. The summed E-state index contributed by atoms with van der Waals surface area (Å²) < 4.78 is 11.0. The van der Waals surface area contributed by atoms with Gasteiger partial charge in [-0.25, -0.2) is 9.78 Å². The van der Waals surface area contributed by atoms with Gasteiger partial charge < -0.3 is 29.5 Å². The summed E-state index contributed by atoms with van der Waals surface area (Å²) in [5.41, 5.74) is 0.929. The van der Waals surface area contributed by atoms with Crippen molar-refractivity contribution in [3.63, 3.8) is 0 Å². The van der Waals surface area contributed by atoms with Gasteiger partial charge in [-0.2, -0.15) is 0 Å². The van der Waals surface area contributed by atoms with Gasteiger partial charge in [-0.15, -0.1) is 10.2 Å². The highest BCUT2D eigenvalue weighted by Gasteiger charge is 2.34. The lowest BCUT2D eigenvalue weighted by molar-refractivity contribution is 0.0540. The molecule has 3 N–H and O–H groups in total. The minimum atomic E-state index is -1.13. The molecule has 0 radical (unpaired) electrons. The first-order chi connectivity index (χ1) is 15.7. The number of hydrogen-bond donors (Lipinski definition) is 3. The Morgan fingerprint density at radius 3 is 2.64 bits per heavy atom. The van der Waals surface area contributed by atoms with Gasteiger partial charge in [-0.3, -0.25) is 4.79 Å². The summed E-state index contributed by atoms with van der Waals surface area (Å²) >= 11 is 13.2. The molecule has 1 aliphatic heterocycles. The normalized spacial score (nSPS) is 18.5. The van der Waals surface area contributed by atoms with Crippen LogP contribution in [0.2, 0.25) is 10.0 Å². The molecule has 176 valence electrons. The van der Waals surface area contributed by atoms with E-state index in [1.54, 1.807) is 21.0 Å². The van der Waals surface area contributed by atoms with Crippen LogP contribution in [0.3, 0.4) is 0 Å².